The number of phenols is 1. The third-order valence-electron chi connectivity index (χ3n) is 1.47. The monoisotopic (exact) mass is 416 g/mol. The number of carboxylic acid groups (broad SMARTS) is 1. The molecule has 1 aromatic rings. The Morgan fingerprint density at radius 1 is 1.36 bits per heavy atom. The number of halogens is 2. The van der Waals surface area contributed by atoms with Crippen LogP contribution in [0.4, 0.5) is 0 Å². The van der Waals surface area contributed by atoms with Gasteiger partial charge in [0.1, 0.15) is 5.75 Å². The normalized spacial score (nSPS) is 10.7. The van der Waals surface area contributed by atoms with E-state index in [1.54, 1.807) is 6.07 Å². The predicted octanol–water partition coefficient (Wildman–Crippen LogP) is 2.70. The first kappa shape index (κ1) is 11.8. The van der Waals surface area contributed by atoms with Crippen molar-refractivity contribution in [1.82, 2.24) is 0 Å². The molecular weight excluding hydrogens is 410 g/mol. The SMILES string of the molecule is O=C(O)/C=C/c1c(O)cc(I)cc1I. The van der Waals surface area contributed by atoms with Crippen LogP contribution in [0.25, 0.3) is 6.08 Å². The van der Waals surface area contributed by atoms with Gasteiger partial charge in [-0.25, -0.2) is 4.79 Å². The van der Waals surface area contributed by atoms with E-state index < -0.39 is 5.97 Å². The molecule has 3 nitrogen and oxygen atoms in total. The average Bonchev–Trinajstić information content (AvgIpc) is 2.01. The lowest BCUT2D eigenvalue weighted by atomic mass is 10.2. The van der Waals surface area contributed by atoms with E-state index in [2.05, 4.69) is 22.6 Å². The van der Waals surface area contributed by atoms with Gasteiger partial charge in [-0.15, -0.1) is 0 Å². The van der Waals surface area contributed by atoms with Crippen molar-refractivity contribution in [3.63, 3.8) is 0 Å². The van der Waals surface area contributed by atoms with Crippen molar-refractivity contribution in [1.29, 1.82) is 0 Å². The van der Waals surface area contributed by atoms with Crippen LogP contribution < -0.4 is 0 Å². The second-order valence-electron chi connectivity index (χ2n) is 2.49. The van der Waals surface area contributed by atoms with Gasteiger partial charge in [0.2, 0.25) is 0 Å². The van der Waals surface area contributed by atoms with Crippen molar-refractivity contribution in [2.75, 3.05) is 0 Å². The smallest absolute Gasteiger partial charge is 0.328 e. The highest BCUT2D eigenvalue weighted by Crippen LogP contribution is 2.27. The number of carbonyl (C=O) groups is 1. The molecule has 0 amide bonds. The first-order chi connectivity index (χ1) is 6.50. The molecule has 0 bridgehead atoms. The molecule has 0 radical (unpaired) electrons. The van der Waals surface area contributed by atoms with Crippen molar-refractivity contribution in [2.45, 2.75) is 0 Å². The van der Waals surface area contributed by atoms with Gasteiger partial charge in [-0.1, -0.05) is 0 Å². The molecule has 2 N–H and O–H groups in total. The summed E-state index contributed by atoms with van der Waals surface area (Å²) < 4.78 is 1.74. The van der Waals surface area contributed by atoms with Crippen molar-refractivity contribution in [2.24, 2.45) is 0 Å². The molecule has 0 saturated heterocycles. The lowest BCUT2D eigenvalue weighted by Crippen LogP contribution is -1.88. The molecule has 5 heteroatoms. The molecule has 0 aliphatic rings. The van der Waals surface area contributed by atoms with Gasteiger partial charge in [-0.3, -0.25) is 0 Å². The maximum absolute atomic E-state index is 10.3. The first-order valence-electron chi connectivity index (χ1n) is 3.59. The van der Waals surface area contributed by atoms with Gasteiger partial charge >= 0.3 is 5.97 Å². The summed E-state index contributed by atoms with van der Waals surface area (Å²) in [5, 5.41) is 18.0. The highest BCUT2D eigenvalue weighted by Gasteiger charge is 2.04. The van der Waals surface area contributed by atoms with Gasteiger partial charge in [0.25, 0.3) is 0 Å². The van der Waals surface area contributed by atoms with Crippen LogP contribution in [0, 0.1) is 7.14 Å². The molecule has 0 aliphatic heterocycles. The fraction of sp³-hybridized carbons (Fsp3) is 0. The number of aromatic hydroxyl groups is 1. The summed E-state index contributed by atoms with van der Waals surface area (Å²) in [6.45, 7) is 0. The van der Waals surface area contributed by atoms with Gasteiger partial charge < -0.3 is 10.2 Å². The Hall–Kier alpha value is -0.310. The minimum atomic E-state index is -1.03. The van der Waals surface area contributed by atoms with E-state index in [4.69, 9.17) is 5.11 Å². The Morgan fingerprint density at radius 2 is 2.00 bits per heavy atom. The molecule has 74 valence electrons. The summed E-state index contributed by atoms with van der Waals surface area (Å²) in [4.78, 5) is 10.3. The molecule has 0 heterocycles. The second-order valence-corrected chi connectivity index (χ2v) is 4.90. The first-order valence-corrected chi connectivity index (χ1v) is 5.75. The van der Waals surface area contributed by atoms with E-state index in [0.717, 1.165) is 13.2 Å². The largest absolute Gasteiger partial charge is 0.507 e. The van der Waals surface area contributed by atoms with E-state index in [1.807, 2.05) is 28.7 Å². The fourth-order valence-electron chi connectivity index (χ4n) is 0.891. The number of aliphatic carboxylic acids is 1. The summed E-state index contributed by atoms with van der Waals surface area (Å²) >= 11 is 4.13. The van der Waals surface area contributed by atoms with Gasteiger partial charge in [0, 0.05) is 18.8 Å². The second kappa shape index (κ2) is 4.96. The summed E-state index contributed by atoms with van der Waals surface area (Å²) in [5.74, 6) is -0.933. The Morgan fingerprint density at radius 3 is 2.50 bits per heavy atom. The molecule has 0 fully saturated rings. The van der Waals surface area contributed by atoms with Gasteiger partial charge in [0.05, 0.1) is 0 Å². The zero-order valence-electron chi connectivity index (χ0n) is 6.87. The number of benzene rings is 1. The highest BCUT2D eigenvalue weighted by molar-refractivity contribution is 14.1. The van der Waals surface area contributed by atoms with Crippen LogP contribution in [0.5, 0.6) is 5.75 Å². The fourth-order valence-corrected chi connectivity index (χ4v) is 2.88. The quantitative estimate of drug-likeness (QED) is 0.576. The zero-order valence-corrected chi connectivity index (χ0v) is 11.2. The third kappa shape index (κ3) is 3.12. The number of hydrogen-bond donors (Lipinski definition) is 2. The molecule has 0 spiro atoms. The average molecular weight is 416 g/mol. The summed E-state index contributed by atoms with van der Waals surface area (Å²) in [6.07, 6.45) is 2.39. The van der Waals surface area contributed by atoms with Crippen molar-refractivity contribution >= 4 is 57.2 Å². The third-order valence-corrected chi connectivity index (χ3v) is 2.98. The van der Waals surface area contributed by atoms with Crippen molar-refractivity contribution in [3.05, 3.63) is 30.9 Å². The Labute approximate surface area is 108 Å². The van der Waals surface area contributed by atoms with Gasteiger partial charge in [-0.2, -0.15) is 0 Å². The molecular formula is C9H6I2O3. The van der Waals surface area contributed by atoms with Crippen LogP contribution in [0.3, 0.4) is 0 Å². The minimum Gasteiger partial charge on any atom is -0.507 e. The van der Waals surface area contributed by atoms with Gasteiger partial charge in [-0.05, 0) is 63.4 Å². The van der Waals surface area contributed by atoms with Crippen LogP contribution in [0.2, 0.25) is 0 Å². The zero-order chi connectivity index (χ0) is 10.7. The maximum atomic E-state index is 10.3. The number of hydrogen-bond acceptors (Lipinski definition) is 2. The molecule has 0 unspecified atom stereocenters. The van der Waals surface area contributed by atoms with E-state index >= 15 is 0 Å². The topological polar surface area (TPSA) is 57.5 Å². The van der Waals surface area contributed by atoms with Crippen molar-refractivity contribution in [3.8, 4) is 5.75 Å². The van der Waals surface area contributed by atoms with Crippen LogP contribution in [-0.4, -0.2) is 16.2 Å². The Bertz CT molecular complexity index is 376. The van der Waals surface area contributed by atoms with Crippen LogP contribution in [-0.2, 0) is 4.79 Å². The summed E-state index contributed by atoms with van der Waals surface area (Å²) in [7, 11) is 0. The van der Waals surface area contributed by atoms with Crippen LogP contribution >= 0.6 is 45.2 Å². The lowest BCUT2D eigenvalue weighted by molar-refractivity contribution is -0.131. The Balaban J connectivity index is 3.15. The van der Waals surface area contributed by atoms with E-state index in [0.29, 0.717) is 5.56 Å². The van der Waals surface area contributed by atoms with E-state index in [1.165, 1.54) is 6.08 Å². The van der Waals surface area contributed by atoms with E-state index in [9.17, 15) is 9.90 Å². The maximum Gasteiger partial charge on any atom is 0.328 e. The highest BCUT2D eigenvalue weighted by atomic mass is 127. The molecule has 1 rings (SSSR count). The summed E-state index contributed by atoms with van der Waals surface area (Å²) in [5.41, 5.74) is 0.536. The van der Waals surface area contributed by atoms with Crippen molar-refractivity contribution < 1.29 is 15.0 Å². The molecule has 0 aliphatic carbocycles. The number of rotatable bonds is 2. The number of carboxylic acids is 1. The summed E-state index contributed by atoms with van der Waals surface area (Å²) in [6, 6.07) is 3.45. The lowest BCUT2D eigenvalue weighted by Gasteiger charge is -2.02. The standard InChI is InChI=1S/C9H6I2O3/c10-5-3-7(11)6(8(12)4-5)1-2-9(13)14/h1-4,12H,(H,13,14)/b2-1+. The molecule has 0 aromatic heterocycles. The van der Waals surface area contributed by atoms with Crippen LogP contribution in [0.1, 0.15) is 5.56 Å². The predicted molar refractivity (Wildman–Crippen MR) is 70.2 cm³/mol. The molecule has 0 atom stereocenters. The molecule has 1 aromatic carbocycles. The minimum absolute atomic E-state index is 0.0961. The van der Waals surface area contributed by atoms with E-state index in [-0.39, 0.29) is 5.75 Å². The van der Waals surface area contributed by atoms with Crippen LogP contribution in [0.15, 0.2) is 18.2 Å². The van der Waals surface area contributed by atoms with Gasteiger partial charge in [0.15, 0.2) is 0 Å². The molecule has 0 saturated carbocycles. The Kier molecular flexibility index (Phi) is 4.17. The number of phenolic OH excluding ortho intramolecular Hbond substituents is 1. The molecule has 14 heavy (non-hydrogen) atoms.